The van der Waals surface area contributed by atoms with E-state index in [9.17, 15) is 9.90 Å². The van der Waals surface area contributed by atoms with Crippen LogP contribution in [-0.4, -0.2) is 11.1 Å². The molecule has 0 aliphatic rings. The van der Waals surface area contributed by atoms with Crippen LogP contribution in [0, 0.1) is 0 Å². The molecule has 1 atom stereocenters. The highest BCUT2D eigenvalue weighted by atomic mass is 32.1. The van der Waals surface area contributed by atoms with Crippen LogP contribution in [0.2, 0.25) is 0 Å². The third-order valence-electron chi connectivity index (χ3n) is 3.74. The molecule has 0 fully saturated rings. The molecule has 0 bridgehead atoms. The van der Waals surface area contributed by atoms with Crippen LogP contribution in [0.4, 0.5) is 0 Å². The average Bonchev–Trinajstić information content (AvgIpc) is 3.21. The number of carbonyl (C=O) groups excluding carboxylic acids is 1. The summed E-state index contributed by atoms with van der Waals surface area (Å²) in [6.45, 7) is 0.118. The molecule has 0 amide bonds. The van der Waals surface area contributed by atoms with Gasteiger partial charge in [0, 0.05) is 0 Å². The summed E-state index contributed by atoms with van der Waals surface area (Å²) in [6, 6.07) is 22.4. The molecule has 0 saturated carbocycles. The molecule has 25 heavy (non-hydrogen) atoms. The Balaban J connectivity index is 1.81. The molecule has 0 aliphatic carbocycles. The van der Waals surface area contributed by atoms with Gasteiger partial charge in [-0.3, -0.25) is 0 Å². The van der Waals surface area contributed by atoms with Crippen LogP contribution in [-0.2, 0) is 21.7 Å². The molecule has 0 unspecified atom stereocenters. The first-order chi connectivity index (χ1) is 12.2. The minimum Gasteiger partial charge on any atom is -0.458 e. The Kier molecular flexibility index (Phi) is 5.43. The van der Waals surface area contributed by atoms with E-state index in [-0.39, 0.29) is 6.61 Å². The maximum Gasteiger partial charge on any atom is 0.348 e. The molecule has 1 aromatic heterocycles. The Hall–Kier alpha value is -2.69. The van der Waals surface area contributed by atoms with Crippen molar-refractivity contribution in [2.45, 2.75) is 12.2 Å². The van der Waals surface area contributed by atoms with Crippen LogP contribution < -0.4 is 0 Å². The third-order valence-corrected chi connectivity index (χ3v) is 4.73. The van der Waals surface area contributed by atoms with Crippen LogP contribution in [0.1, 0.15) is 16.0 Å². The number of hydrogen-bond acceptors (Lipinski definition) is 4. The molecule has 1 heterocycles. The zero-order valence-corrected chi connectivity index (χ0v) is 14.4. The molecule has 4 heteroatoms. The largest absolute Gasteiger partial charge is 0.458 e. The van der Waals surface area contributed by atoms with Crippen molar-refractivity contribution in [1.82, 2.24) is 0 Å². The number of ether oxygens (including phenoxy) is 1. The molecule has 3 aromatic rings. The summed E-state index contributed by atoms with van der Waals surface area (Å²) in [5.41, 5.74) is -0.0385. The fourth-order valence-electron chi connectivity index (χ4n) is 2.36. The molecule has 2 aromatic carbocycles. The molecule has 126 valence electrons. The SMILES string of the molecule is O=C(OCc1ccccc1)[C@](O)(/C=C/c1ccccc1)c1cccs1. The van der Waals surface area contributed by atoms with Crippen molar-refractivity contribution in [3.63, 3.8) is 0 Å². The number of carbonyl (C=O) groups is 1. The fraction of sp³-hybridized carbons (Fsp3) is 0.0952. The van der Waals surface area contributed by atoms with Crippen LogP contribution >= 0.6 is 11.3 Å². The summed E-state index contributed by atoms with van der Waals surface area (Å²) < 4.78 is 5.37. The van der Waals surface area contributed by atoms with Crippen molar-refractivity contribution in [2.75, 3.05) is 0 Å². The second-order valence-corrected chi connectivity index (χ2v) is 6.50. The topological polar surface area (TPSA) is 46.5 Å². The van der Waals surface area contributed by atoms with Gasteiger partial charge in [-0.25, -0.2) is 4.79 Å². The molecule has 0 saturated heterocycles. The molecular weight excluding hydrogens is 332 g/mol. The Bertz CT molecular complexity index is 826. The number of esters is 1. The van der Waals surface area contributed by atoms with E-state index in [0.717, 1.165) is 11.1 Å². The van der Waals surface area contributed by atoms with Gasteiger partial charge in [-0.2, -0.15) is 0 Å². The van der Waals surface area contributed by atoms with Crippen molar-refractivity contribution < 1.29 is 14.6 Å². The minimum atomic E-state index is -1.81. The molecule has 0 aliphatic heterocycles. The maximum atomic E-state index is 12.6. The van der Waals surface area contributed by atoms with E-state index in [1.807, 2.05) is 66.0 Å². The monoisotopic (exact) mass is 350 g/mol. The van der Waals surface area contributed by atoms with Crippen LogP contribution in [0.15, 0.2) is 84.3 Å². The molecule has 0 spiro atoms. The van der Waals surface area contributed by atoms with E-state index in [2.05, 4.69) is 0 Å². The van der Waals surface area contributed by atoms with Gasteiger partial charge < -0.3 is 9.84 Å². The van der Waals surface area contributed by atoms with Gasteiger partial charge in [-0.05, 0) is 28.6 Å². The molecule has 1 N–H and O–H groups in total. The van der Waals surface area contributed by atoms with Gasteiger partial charge >= 0.3 is 5.97 Å². The van der Waals surface area contributed by atoms with Crippen LogP contribution in [0.25, 0.3) is 6.08 Å². The Morgan fingerprint density at radius 2 is 1.68 bits per heavy atom. The summed E-state index contributed by atoms with van der Waals surface area (Å²) in [4.78, 5) is 13.2. The lowest BCUT2D eigenvalue weighted by Gasteiger charge is -2.21. The van der Waals surface area contributed by atoms with Crippen molar-refractivity contribution in [1.29, 1.82) is 0 Å². The van der Waals surface area contributed by atoms with Gasteiger partial charge in [0.25, 0.3) is 0 Å². The summed E-state index contributed by atoms with van der Waals surface area (Å²) in [7, 11) is 0. The number of benzene rings is 2. The van der Waals surface area contributed by atoms with Gasteiger partial charge in [0.1, 0.15) is 6.61 Å². The van der Waals surface area contributed by atoms with Gasteiger partial charge in [-0.1, -0.05) is 72.8 Å². The van der Waals surface area contributed by atoms with Crippen molar-refractivity contribution in [3.8, 4) is 0 Å². The van der Waals surface area contributed by atoms with Gasteiger partial charge in [0.05, 0.1) is 4.88 Å². The average molecular weight is 350 g/mol. The quantitative estimate of drug-likeness (QED) is 0.671. The zero-order chi connectivity index (χ0) is 17.5. The van der Waals surface area contributed by atoms with E-state index >= 15 is 0 Å². The first-order valence-electron chi connectivity index (χ1n) is 7.90. The second kappa shape index (κ2) is 7.92. The third kappa shape index (κ3) is 4.24. The summed E-state index contributed by atoms with van der Waals surface area (Å²) in [5, 5.41) is 12.8. The smallest absolute Gasteiger partial charge is 0.348 e. The lowest BCUT2D eigenvalue weighted by molar-refractivity contribution is -0.162. The molecule has 0 radical (unpaired) electrons. The van der Waals surface area contributed by atoms with Crippen molar-refractivity contribution in [3.05, 3.63) is 100 Å². The number of rotatable bonds is 6. The first kappa shape index (κ1) is 17.1. The lowest BCUT2D eigenvalue weighted by Crippen LogP contribution is -2.34. The van der Waals surface area contributed by atoms with E-state index in [4.69, 9.17) is 4.74 Å². The van der Waals surface area contributed by atoms with E-state index in [0.29, 0.717) is 4.88 Å². The highest BCUT2D eigenvalue weighted by molar-refractivity contribution is 7.10. The van der Waals surface area contributed by atoms with Crippen LogP contribution in [0.5, 0.6) is 0 Å². The molecular formula is C21H18O3S. The number of hydrogen-bond donors (Lipinski definition) is 1. The fourth-order valence-corrected chi connectivity index (χ4v) is 3.15. The Morgan fingerprint density at radius 3 is 2.32 bits per heavy atom. The normalized spacial score (nSPS) is 13.5. The summed E-state index contributed by atoms with van der Waals surface area (Å²) >= 11 is 1.31. The van der Waals surface area contributed by atoms with Crippen molar-refractivity contribution in [2.24, 2.45) is 0 Å². The Morgan fingerprint density at radius 1 is 1.00 bits per heavy atom. The number of aliphatic hydroxyl groups is 1. The maximum absolute atomic E-state index is 12.6. The molecule has 3 nitrogen and oxygen atoms in total. The molecule has 3 rings (SSSR count). The van der Waals surface area contributed by atoms with Gasteiger partial charge in [0.15, 0.2) is 0 Å². The lowest BCUT2D eigenvalue weighted by atomic mass is 10.00. The highest BCUT2D eigenvalue weighted by Crippen LogP contribution is 2.30. The predicted octanol–water partition coefficient (Wildman–Crippen LogP) is 4.39. The van der Waals surface area contributed by atoms with Gasteiger partial charge in [-0.15, -0.1) is 11.3 Å². The Labute approximate surface area is 150 Å². The first-order valence-corrected chi connectivity index (χ1v) is 8.78. The summed E-state index contributed by atoms with van der Waals surface area (Å²) in [5.74, 6) is -0.689. The van der Waals surface area contributed by atoms with Crippen molar-refractivity contribution >= 4 is 23.4 Å². The second-order valence-electron chi connectivity index (χ2n) is 5.55. The van der Waals surface area contributed by atoms with E-state index in [1.165, 1.54) is 17.4 Å². The standard InChI is InChI=1S/C21H18O3S/c22-20(24-16-18-10-5-2-6-11-18)21(23,19-12-7-15-25-19)14-13-17-8-3-1-4-9-17/h1-15,23H,16H2/b14-13+/t21-/m0/s1. The minimum absolute atomic E-state index is 0.118. The highest BCUT2D eigenvalue weighted by Gasteiger charge is 2.38. The number of thiophene rings is 1. The van der Waals surface area contributed by atoms with E-state index < -0.39 is 11.6 Å². The van der Waals surface area contributed by atoms with Crippen LogP contribution in [0.3, 0.4) is 0 Å². The van der Waals surface area contributed by atoms with E-state index in [1.54, 1.807) is 18.2 Å². The zero-order valence-electron chi connectivity index (χ0n) is 13.5. The van der Waals surface area contributed by atoms with Gasteiger partial charge in [0.2, 0.25) is 5.60 Å². The predicted molar refractivity (Wildman–Crippen MR) is 99.9 cm³/mol. The summed E-state index contributed by atoms with van der Waals surface area (Å²) in [6.07, 6.45) is 3.21.